The van der Waals surface area contributed by atoms with E-state index in [0.717, 1.165) is 0 Å². The normalized spacial score (nSPS) is 29.2. The molecule has 0 radical (unpaired) electrons. The highest BCUT2D eigenvalue weighted by Crippen LogP contribution is 2.47. The van der Waals surface area contributed by atoms with E-state index in [0.29, 0.717) is 6.42 Å². The van der Waals surface area contributed by atoms with Crippen molar-refractivity contribution in [1.29, 1.82) is 0 Å². The van der Waals surface area contributed by atoms with Gasteiger partial charge in [-0.1, -0.05) is 0 Å². The summed E-state index contributed by atoms with van der Waals surface area (Å²) in [6.07, 6.45) is -0.0240. The molecule has 1 aliphatic heterocycles. The van der Waals surface area contributed by atoms with Crippen molar-refractivity contribution < 1.29 is 46.9 Å². The van der Waals surface area contributed by atoms with Crippen LogP contribution in [0.5, 0.6) is 0 Å². The average Bonchev–Trinajstić information content (AvgIpc) is 2.75. The average molecular weight is 390 g/mol. The highest BCUT2D eigenvalue weighted by atomic mass is 31.2. The number of hydrogen-bond donors (Lipinski definition) is 3. The quantitative estimate of drug-likeness (QED) is 0.240. The number of phosphoric ester groups is 2. The van der Waals surface area contributed by atoms with Crippen molar-refractivity contribution >= 4 is 23.5 Å². The molecule has 0 aromatic heterocycles. The van der Waals surface area contributed by atoms with Crippen LogP contribution < -0.4 is 0 Å². The van der Waals surface area contributed by atoms with Gasteiger partial charge >= 0.3 is 15.6 Å². The van der Waals surface area contributed by atoms with Gasteiger partial charge in [0.2, 0.25) is 0 Å². The van der Waals surface area contributed by atoms with Gasteiger partial charge in [0.25, 0.3) is 0 Å². The Bertz CT molecular complexity index is 464. The highest BCUT2D eigenvalue weighted by Gasteiger charge is 2.36. The van der Waals surface area contributed by atoms with E-state index < -0.39 is 21.7 Å². The topological polar surface area (TPSA) is 141 Å². The van der Waals surface area contributed by atoms with Crippen LogP contribution in [0.4, 0.5) is 0 Å². The van der Waals surface area contributed by atoms with Crippen molar-refractivity contribution in [2.75, 3.05) is 26.4 Å². The third kappa shape index (κ3) is 9.06. The van der Waals surface area contributed by atoms with Crippen molar-refractivity contribution in [3.05, 3.63) is 0 Å². The van der Waals surface area contributed by atoms with Crippen LogP contribution in [0.15, 0.2) is 0 Å². The molecule has 5 atom stereocenters. The summed E-state index contributed by atoms with van der Waals surface area (Å²) in [4.78, 5) is 18.9. The summed E-state index contributed by atoms with van der Waals surface area (Å²) in [5.74, 6) is 0. The van der Waals surface area contributed by atoms with Gasteiger partial charge in [0, 0.05) is 12.6 Å². The summed E-state index contributed by atoms with van der Waals surface area (Å²) in [6.45, 7) is 1.08. The summed E-state index contributed by atoms with van der Waals surface area (Å²) < 4.78 is 47.7. The van der Waals surface area contributed by atoms with Crippen LogP contribution in [0, 0.1) is 0 Å². The molecule has 142 valence electrons. The minimum Gasteiger partial charge on any atom is -0.396 e. The van der Waals surface area contributed by atoms with Crippen molar-refractivity contribution in [3.8, 4) is 0 Å². The number of hydrogen-bond acceptors (Lipinski definition) is 8. The van der Waals surface area contributed by atoms with Crippen LogP contribution in [0.25, 0.3) is 0 Å². The van der Waals surface area contributed by atoms with Crippen LogP contribution in [-0.2, 0) is 32.0 Å². The van der Waals surface area contributed by atoms with E-state index in [1.54, 1.807) is 6.92 Å². The van der Waals surface area contributed by atoms with Crippen molar-refractivity contribution in [3.63, 3.8) is 0 Å². The Kier molecular flexibility index (Phi) is 9.62. The second kappa shape index (κ2) is 10.4. The maximum Gasteiger partial charge on any atom is 0.472 e. The number of aliphatic hydroxyl groups excluding tert-OH is 1. The smallest absolute Gasteiger partial charge is 0.396 e. The van der Waals surface area contributed by atoms with E-state index in [2.05, 4.69) is 9.05 Å². The lowest BCUT2D eigenvalue weighted by Crippen LogP contribution is -2.20. The van der Waals surface area contributed by atoms with E-state index in [1.165, 1.54) is 0 Å². The first-order chi connectivity index (χ1) is 11.2. The van der Waals surface area contributed by atoms with Crippen LogP contribution >= 0.6 is 15.6 Å². The molecule has 1 fully saturated rings. The molecule has 0 saturated carbocycles. The largest absolute Gasteiger partial charge is 0.472 e. The molecule has 1 aliphatic rings. The lowest BCUT2D eigenvalue weighted by molar-refractivity contribution is 0.0341. The minimum atomic E-state index is -4.23. The summed E-state index contributed by atoms with van der Waals surface area (Å²) in [7, 11) is -6.58. The molecule has 0 aromatic rings. The Morgan fingerprint density at radius 1 is 1.08 bits per heavy atom. The second-order valence-corrected chi connectivity index (χ2v) is 8.26. The van der Waals surface area contributed by atoms with Crippen LogP contribution in [-0.4, -0.2) is 67.4 Å². The standard InChI is InChI=1S/C11H25BO10P2/c1-9-10(8-11(12)21-9)22-24(16,17)20-7-3-6-19-23(14,15)18-5-2-4-13/h9-11,13H,2-8,12H2,1H3,(H,14,15)(H,16,17). The summed E-state index contributed by atoms with van der Waals surface area (Å²) in [5.41, 5.74) is 0. The first-order valence-electron chi connectivity index (χ1n) is 7.69. The Labute approximate surface area is 142 Å². The third-order valence-electron chi connectivity index (χ3n) is 3.16. The molecule has 24 heavy (non-hydrogen) atoms. The summed E-state index contributed by atoms with van der Waals surface area (Å²) >= 11 is 0. The molecule has 0 amide bonds. The van der Waals surface area contributed by atoms with Gasteiger partial charge in [0.15, 0.2) is 0 Å². The van der Waals surface area contributed by atoms with Crippen molar-refractivity contribution in [1.82, 2.24) is 0 Å². The Balaban J connectivity index is 2.19. The maximum atomic E-state index is 11.8. The van der Waals surface area contributed by atoms with Gasteiger partial charge in [0.05, 0.1) is 32.0 Å². The van der Waals surface area contributed by atoms with E-state index in [4.69, 9.17) is 18.9 Å². The first kappa shape index (κ1) is 22.2. The predicted octanol–water partition coefficient (Wildman–Crippen LogP) is 0.163. The van der Waals surface area contributed by atoms with Gasteiger partial charge in [-0.25, -0.2) is 9.13 Å². The summed E-state index contributed by atoms with van der Waals surface area (Å²) in [5, 5.41) is 8.54. The van der Waals surface area contributed by atoms with Crippen LogP contribution in [0.1, 0.15) is 26.2 Å². The highest BCUT2D eigenvalue weighted by molar-refractivity contribution is 7.47. The zero-order valence-corrected chi connectivity index (χ0v) is 15.6. The number of aliphatic hydroxyl groups is 1. The van der Waals surface area contributed by atoms with E-state index >= 15 is 0 Å². The summed E-state index contributed by atoms with van der Waals surface area (Å²) in [6, 6.07) is -0.0528. The molecule has 3 N–H and O–H groups in total. The fourth-order valence-electron chi connectivity index (χ4n) is 2.06. The second-order valence-electron chi connectivity index (χ2n) is 5.40. The molecular formula is C11H25BO10P2. The van der Waals surface area contributed by atoms with Gasteiger partial charge in [-0.3, -0.25) is 18.1 Å². The molecule has 0 spiro atoms. The predicted molar refractivity (Wildman–Crippen MR) is 86.2 cm³/mol. The van der Waals surface area contributed by atoms with Gasteiger partial charge in [-0.15, -0.1) is 0 Å². The maximum absolute atomic E-state index is 11.8. The fraction of sp³-hybridized carbons (Fsp3) is 1.00. The van der Waals surface area contributed by atoms with Gasteiger partial charge in [0.1, 0.15) is 7.85 Å². The van der Waals surface area contributed by atoms with Crippen molar-refractivity contribution in [2.45, 2.75) is 44.4 Å². The zero-order chi connectivity index (χ0) is 18.2. The van der Waals surface area contributed by atoms with Gasteiger partial charge < -0.3 is 19.6 Å². The van der Waals surface area contributed by atoms with E-state index in [1.807, 2.05) is 7.85 Å². The van der Waals surface area contributed by atoms with Gasteiger partial charge in [-0.2, -0.15) is 0 Å². The zero-order valence-electron chi connectivity index (χ0n) is 13.8. The number of rotatable bonds is 12. The van der Waals surface area contributed by atoms with Crippen LogP contribution in [0.2, 0.25) is 0 Å². The molecule has 0 aliphatic carbocycles. The SMILES string of the molecule is BC1CC(OP(=O)(O)OCCCOP(=O)(O)OCCCO)C(C)O1. The number of phosphoric acid groups is 2. The van der Waals surface area contributed by atoms with Crippen molar-refractivity contribution in [2.24, 2.45) is 0 Å². The lowest BCUT2D eigenvalue weighted by atomic mass is 9.96. The monoisotopic (exact) mass is 390 g/mol. The van der Waals surface area contributed by atoms with E-state index in [-0.39, 0.29) is 51.4 Å². The molecule has 10 nitrogen and oxygen atoms in total. The molecule has 5 unspecified atom stereocenters. The molecule has 0 bridgehead atoms. The molecular weight excluding hydrogens is 365 g/mol. The molecule has 0 aromatic carbocycles. The Morgan fingerprint density at radius 3 is 2.12 bits per heavy atom. The Hall–Kier alpha value is 0.205. The molecule has 1 heterocycles. The number of ether oxygens (including phenoxy) is 1. The molecule has 13 heteroatoms. The lowest BCUT2D eigenvalue weighted by Gasteiger charge is -2.19. The third-order valence-corrected chi connectivity index (χ3v) is 5.22. The fourth-order valence-corrected chi connectivity index (χ4v) is 3.87. The molecule has 1 saturated heterocycles. The molecule has 1 rings (SSSR count). The van der Waals surface area contributed by atoms with E-state index in [9.17, 15) is 18.9 Å². The minimum absolute atomic E-state index is 0.0528. The Morgan fingerprint density at radius 2 is 1.62 bits per heavy atom. The van der Waals surface area contributed by atoms with Crippen LogP contribution in [0.3, 0.4) is 0 Å². The van der Waals surface area contributed by atoms with Gasteiger partial charge in [-0.05, 0) is 26.2 Å². The first-order valence-corrected chi connectivity index (χ1v) is 10.7.